The number of hydrogen-bond acceptors (Lipinski definition) is 1. The third-order valence-electron chi connectivity index (χ3n) is 3.27. The zero-order chi connectivity index (χ0) is 14.5. The largest absolute Gasteiger partial charge is 0.319 e. The van der Waals surface area contributed by atoms with Crippen LogP contribution in [0, 0.1) is 11.6 Å². The summed E-state index contributed by atoms with van der Waals surface area (Å²) in [6.07, 6.45) is 0.513. The molecule has 0 saturated heterocycles. The molecule has 0 amide bonds. The lowest BCUT2D eigenvalue weighted by atomic mass is 9.91. The van der Waals surface area contributed by atoms with E-state index in [9.17, 15) is 8.78 Å². The monoisotopic (exact) mass is 295 g/mol. The number of nitrogens with one attached hydrogen (secondary N) is 1. The van der Waals surface area contributed by atoms with Gasteiger partial charge in [0.05, 0.1) is 0 Å². The van der Waals surface area contributed by atoms with Gasteiger partial charge in [-0.05, 0) is 54.9 Å². The molecule has 0 fully saturated rings. The van der Waals surface area contributed by atoms with Crippen LogP contribution < -0.4 is 5.32 Å². The Balaban J connectivity index is 2.25. The van der Waals surface area contributed by atoms with Crippen LogP contribution in [-0.4, -0.2) is 13.6 Å². The highest BCUT2D eigenvalue weighted by Crippen LogP contribution is 2.24. The summed E-state index contributed by atoms with van der Waals surface area (Å²) in [6.45, 7) is 0.678. The predicted octanol–water partition coefficient (Wildman–Crippen LogP) is 4.16. The minimum Gasteiger partial charge on any atom is -0.319 e. The smallest absolute Gasteiger partial charge is 0.126 e. The molecule has 0 aliphatic carbocycles. The van der Waals surface area contributed by atoms with E-state index in [1.807, 2.05) is 7.05 Å². The third-order valence-corrected chi connectivity index (χ3v) is 3.50. The van der Waals surface area contributed by atoms with Crippen LogP contribution in [0.1, 0.15) is 17.0 Å². The molecule has 0 spiro atoms. The number of halogens is 3. The molecule has 4 heteroatoms. The standard InChI is InChI=1S/C16H16ClF2N/c1-20-10-13(11-2-5-15(18)6-3-11)8-12-9-14(17)4-7-16(12)19/h2-7,9,13,20H,8,10H2,1H3. The Morgan fingerprint density at radius 3 is 2.45 bits per heavy atom. The SMILES string of the molecule is CNCC(Cc1cc(Cl)ccc1F)c1ccc(F)cc1. The molecule has 106 valence electrons. The van der Waals surface area contributed by atoms with Gasteiger partial charge in [-0.1, -0.05) is 23.7 Å². The van der Waals surface area contributed by atoms with Gasteiger partial charge in [0.1, 0.15) is 11.6 Å². The van der Waals surface area contributed by atoms with Gasteiger partial charge >= 0.3 is 0 Å². The molecule has 0 aliphatic rings. The van der Waals surface area contributed by atoms with Crippen LogP contribution in [0.25, 0.3) is 0 Å². The van der Waals surface area contributed by atoms with Crippen molar-refractivity contribution in [3.8, 4) is 0 Å². The van der Waals surface area contributed by atoms with E-state index in [1.165, 1.54) is 24.3 Å². The highest BCUT2D eigenvalue weighted by molar-refractivity contribution is 6.30. The molecule has 2 aromatic carbocycles. The van der Waals surface area contributed by atoms with Crippen molar-refractivity contribution in [3.05, 3.63) is 70.2 Å². The molecule has 0 heterocycles. The maximum Gasteiger partial charge on any atom is 0.126 e. The molecule has 0 aromatic heterocycles. The molecule has 0 saturated carbocycles. The molecule has 1 N–H and O–H groups in total. The lowest BCUT2D eigenvalue weighted by molar-refractivity contribution is 0.572. The van der Waals surface area contributed by atoms with Crippen LogP contribution >= 0.6 is 11.6 Å². The van der Waals surface area contributed by atoms with Crippen molar-refractivity contribution in [2.75, 3.05) is 13.6 Å². The van der Waals surface area contributed by atoms with E-state index in [1.54, 1.807) is 18.2 Å². The highest BCUT2D eigenvalue weighted by atomic mass is 35.5. The van der Waals surface area contributed by atoms with Crippen LogP contribution in [0.5, 0.6) is 0 Å². The Hall–Kier alpha value is -1.45. The first-order valence-corrected chi connectivity index (χ1v) is 6.82. The molecular weight excluding hydrogens is 280 g/mol. The minimum absolute atomic E-state index is 0.0635. The lowest BCUT2D eigenvalue weighted by Gasteiger charge is -2.18. The van der Waals surface area contributed by atoms with Crippen LogP contribution in [0.4, 0.5) is 8.78 Å². The van der Waals surface area contributed by atoms with Crippen LogP contribution in [-0.2, 0) is 6.42 Å². The fraction of sp³-hybridized carbons (Fsp3) is 0.250. The molecule has 0 bridgehead atoms. The summed E-state index contributed by atoms with van der Waals surface area (Å²) in [6, 6.07) is 10.9. The van der Waals surface area contributed by atoms with Gasteiger partial charge in [0.25, 0.3) is 0 Å². The van der Waals surface area contributed by atoms with Gasteiger partial charge in [0, 0.05) is 17.5 Å². The lowest BCUT2D eigenvalue weighted by Crippen LogP contribution is -2.19. The van der Waals surface area contributed by atoms with Crippen molar-refractivity contribution < 1.29 is 8.78 Å². The summed E-state index contributed by atoms with van der Waals surface area (Å²) in [7, 11) is 1.84. The van der Waals surface area contributed by atoms with Gasteiger partial charge in [-0.25, -0.2) is 8.78 Å². The number of hydrogen-bond donors (Lipinski definition) is 1. The average Bonchev–Trinajstić information content (AvgIpc) is 2.43. The summed E-state index contributed by atoms with van der Waals surface area (Å²) in [5.41, 5.74) is 1.54. The predicted molar refractivity (Wildman–Crippen MR) is 78.2 cm³/mol. The maximum absolute atomic E-state index is 13.8. The van der Waals surface area contributed by atoms with E-state index in [-0.39, 0.29) is 17.6 Å². The van der Waals surface area contributed by atoms with Crippen LogP contribution in [0.15, 0.2) is 42.5 Å². The summed E-state index contributed by atoms with van der Waals surface area (Å²) in [5.74, 6) is -0.475. The van der Waals surface area contributed by atoms with E-state index < -0.39 is 0 Å². The van der Waals surface area contributed by atoms with Crippen molar-refractivity contribution in [1.82, 2.24) is 5.32 Å². The Bertz CT molecular complexity index is 569. The second-order valence-corrected chi connectivity index (χ2v) is 5.18. The summed E-state index contributed by atoms with van der Waals surface area (Å²) < 4.78 is 26.8. The molecule has 1 atom stereocenters. The van der Waals surface area contributed by atoms with E-state index in [2.05, 4.69) is 5.32 Å². The van der Waals surface area contributed by atoms with Crippen LogP contribution in [0.3, 0.4) is 0 Å². The Kier molecular flexibility index (Phi) is 5.10. The summed E-state index contributed by atoms with van der Waals surface area (Å²) >= 11 is 5.91. The van der Waals surface area contributed by atoms with Gasteiger partial charge in [0.15, 0.2) is 0 Å². The Labute approximate surface area is 122 Å². The first-order valence-electron chi connectivity index (χ1n) is 6.44. The van der Waals surface area contributed by atoms with Gasteiger partial charge < -0.3 is 5.32 Å². The quantitative estimate of drug-likeness (QED) is 0.873. The zero-order valence-electron chi connectivity index (χ0n) is 11.2. The molecule has 1 unspecified atom stereocenters. The number of benzene rings is 2. The second kappa shape index (κ2) is 6.82. The first kappa shape index (κ1) is 14.9. The van der Waals surface area contributed by atoms with Gasteiger partial charge in [-0.3, -0.25) is 0 Å². The van der Waals surface area contributed by atoms with Gasteiger partial charge in [-0.15, -0.1) is 0 Å². The van der Waals surface area contributed by atoms with Crippen molar-refractivity contribution >= 4 is 11.6 Å². The third kappa shape index (κ3) is 3.78. The molecule has 1 nitrogen and oxygen atoms in total. The average molecular weight is 296 g/mol. The van der Waals surface area contributed by atoms with Crippen LogP contribution in [0.2, 0.25) is 5.02 Å². The normalized spacial score (nSPS) is 12.4. The Morgan fingerprint density at radius 2 is 1.80 bits per heavy atom. The highest BCUT2D eigenvalue weighted by Gasteiger charge is 2.14. The van der Waals surface area contributed by atoms with Crippen molar-refractivity contribution in [2.24, 2.45) is 0 Å². The molecule has 0 radical (unpaired) electrons. The second-order valence-electron chi connectivity index (χ2n) is 4.75. The molecule has 2 rings (SSSR count). The summed E-state index contributed by atoms with van der Waals surface area (Å²) in [5, 5.41) is 3.60. The van der Waals surface area contributed by atoms with Crippen molar-refractivity contribution in [3.63, 3.8) is 0 Å². The van der Waals surface area contributed by atoms with Crippen molar-refractivity contribution in [1.29, 1.82) is 0 Å². The van der Waals surface area contributed by atoms with Crippen molar-refractivity contribution in [2.45, 2.75) is 12.3 Å². The fourth-order valence-corrected chi connectivity index (χ4v) is 2.45. The maximum atomic E-state index is 13.8. The molecular formula is C16H16ClF2N. The zero-order valence-corrected chi connectivity index (χ0v) is 11.9. The van der Waals surface area contributed by atoms with E-state index in [4.69, 9.17) is 11.6 Å². The van der Waals surface area contributed by atoms with Gasteiger partial charge in [-0.2, -0.15) is 0 Å². The van der Waals surface area contributed by atoms with E-state index in [0.29, 0.717) is 23.6 Å². The fourth-order valence-electron chi connectivity index (χ4n) is 2.25. The first-order chi connectivity index (χ1) is 9.60. The molecule has 20 heavy (non-hydrogen) atoms. The number of likely N-dealkylation sites (N-methyl/N-ethyl adjacent to an activating group) is 1. The summed E-state index contributed by atoms with van der Waals surface area (Å²) in [4.78, 5) is 0. The molecule has 0 aliphatic heterocycles. The minimum atomic E-state index is -0.272. The Morgan fingerprint density at radius 1 is 1.10 bits per heavy atom. The molecule has 2 aromatic rings. The van der Waals surface area contributed by atoms with E-state index >= 15 is 0 Å². The topological polar surface area (TPSA) is 12.0 Å². The van der Waals surface area contributed by atoms with E-state index in [0.717, 1.165) is 5.56 Å². The number of rotatable bonds is 5. The van der Waals surface area contributed by atoms with Gasteiger partial charge in [0.2, 0.25) is 0 Å².